The number of nitrogens with one attached hydrogen (secondary N) is 1. The van der Waals surface area contributed by atoms with Crippen molar-refractivity contribution in [2.45, 2.75) is 57.7 Å². The Hall–Kier alpha value is -4.05. The highest BCUT2D eigenvalue weighted by Crippen LogP contribution is 2.35. The number of carbonyl (C=O) groups excluding carboxylic acids is 2. The van der Waals surface area contributed by atoms with E-state index in [0.29, 0.717) is 31.1 Å². The zero-order chi connectivity index (χ0) is 30.4. The van der Waals surface area contributed by atoms with Crippen LogP contribution in [0.4, 0.5) is 5.69 Å². The van der Waals surface area contributed by atoms with Gasteiger partial charge < -0.3 is 19.7 Å². The number of anilines is 1. The molecule has 9 nitrogen and oxygen atoms in total. The average molecular weight is 606 g/mol. The number of aryl methyl sites for hydroxylation is 1. The van der Waals surface area contributed by atoms with Crippen LogP contribution in [0.25, 0.3) is 0 Å². The average Bonchev–Trinajstić information content (AvgIpc) is 3.51. The summed E-state index contributed by atoms with van der Waals surface area (Å²) in [6.07, 6.45) is 5.28. The van der Waals surface area contributed by atoms with E-state index in [1.807, 2.05) is 61.5 Å². The molecule has 2 aliphatic rings. The SMILES string of the molecule is Cc1ccccc1CN(C(=O)CN(c1ccc2c(c1)OCCO2)S(C)(=O)=O)[C@H](Cc1ccccc1)C(=O)NC1CCCC1. The number of rotatable bonds is 11. The summed E-state index contributed by atoms with van der Waals surface area (Å²) in [4.78, 5) is 29.8. The number of nitrogens with zero attached hydrogens (tertiary/aromatic N) is 2. The van der Waals surface area contributed by atoms with Gasteiger partial charge in [-0.25, -0.2) is 8.42 Å². The van der Waals surface area contributed by atoms with Gasteiger partial charge in [0.2, 0.25) is 21.8 Å². The van der Waals surface area contributed by atoms with Gasteiger partial charge in [0.25, 0.3) is 0 Å². The maximum absolute atomic E-state index is 14.3. The summed E-state index contributed by atoms with van der Waals surface area (Å²) < 4.78 is 38.5. The highest BCUT2D eigenvalue weighted by molar-refractivity contribution is 7.92. The van der Waals surface area contributed by atoms with E-state index >= 15 is 0 Å². The highest BCUT2D eigenvalue weighted by atomic mass is 32.2. The largest absolute Gasteiger partial charge is 0.486 e. The van der Waals surface area contributed by atoms with E-state index in [4.69, 9.17) is 9.47 Å². The van der Waals surface area contributed by atoms with Crippen LogP contribution < -0.4 is 19.1 Å². The van der Waals surface area contributed by atoms with Crippen molar-refractivity contribution in [3.63, 3.8) is 0 Å². The summed E-state index contributed by atoms with van der Waals surface area (Å²) >= 11 is 0. The van der Waals surface area contributed by atoms with Crippen LogP contribution in [0, 0.1) is 6.92 Å². The summed E-state index contributed by atoms with van der Waals surface area (Å²) in [5, 5.41) is 3.19. The maximum atomic E-state index is 14.3. The van der Waals surface area contributed by atoms with Gasteiger partial charge in [-0.3, -0.25) is 13.9 Å². The number of ether oxygens (including phenoxy) is 2. The minimum atomic E-state index is -3.89. The van der Waals surface area contributed by atoms with Crippen LogP contribution in [-0.2, 0) is 32.6 Å². The predicted molar refractivity (Wildman–Crippen MR) is 166 cm³/mol. The smallest absolute Gasteiger partial charge is 0.244 e. The molecule has 1 saturated carbocycles. The Balaban J connectivity index is 1.51. The third-order valence-corrected chi connectivity index (χ3v) is 9.21. The van der Waals surface area contributed by atoms with Gasteiger partial charge in [-0.05, 0) is 48.6 Å². The number of fused-ring (bicyclic) bond motifs is 1. The van der Waals surface area contributed by atoms with Gasteiger partial charge in [-0.2, -0.15) is 0 Å². The third kappa shape index (κ3) is 7.67. The molecular formula is C33H39N3O6S. The van der Waals surface area contributed by atoms with Gasteiger partial charge in [0.15, 0.2) is 11.5 Å². The molecule has 10 heteroatoms. The van der Waals surface area contributed by atoms with Gasteiger partial charge >= 0.3 is 0 Å². The summed E-state index contributed by atoms with van der Waals surface area (Å²) in [7, 11) is -3.89. The Bertz CT molecular complexity index is 1540. The van der Waals surface area contributed by atoms with Gasteiger partial charge in [0.1, 0.15) is 25.8 Å². The van der Waals surface area contributed by atoms with Gasteiger partial charge in [0.05, 0.1) is 11.9 Å². The molecule has 1 aliphatic carbocycles. The van der Waals surface area contributed by atoms with E-state index in [1.165, 1.54) is 4.90 Å². The molecule has 3 aromatic rings. The maximum Gasteiger partial charge on any atom is 0.244 e. The second-order valence-electron chi connectivity index (χ2n) is 11.2. The predicted octanol–water partition coefficient (Wildman–Crippen LogP) is 4.23. The van der Waals surface area contributed by atoms with Gasteiger partial charge in [0, 0.05) is 25.1 Å². The molecule has 228 valence electrons. The quantitative estimate of drug-likeness (QED) is 0.351. The van der Waals surface area contributed by atoms with E-state index < -0.39 is 28.5 Å². The normalized spacial score (nSPS) is 15.5. The highest BCUT2D eigenvalue weighted by Gasteiger charge is 2.34. The second-order valence-corrected chi connectivity index (χ2v) is 13.1. The molecule has 0 aromatic heterocycles. The molecule has 0 spiro atoms. The zero-order valence-corrected chi connectivity index (χ0v) is 25.5. The van der Waals surface area contributed by atoms with E-state index in [9.17, 15) is 18.0 Å². The lowest BCUT2D eigenvalue weighted by atomic mass is 10.0. The van der Waals surface area contributed by atoms with Crippen LogP contribution in [-0.4, -0.2) is 63.2 Å². The molecule has 0 bridgehead atoms. The number of benzene rings is 3. The van der Waals surface area contributed by atoms with Crippen molar-refractivity contribution in [2.24, 2.45) is 0 Å². The van der Waals surface area contributed by atoms with E-state index in [0.717, 1.165) is 52.9 Å². The van der Waals surface area contributed by atoms with Crippen LogP contribution in [0.2, 0.25) is 0 Å². The third-order valence-electron chi connectivity index (χ3n) is 8.07. The number of sulfonamides is 1. The molecule has 43 heavy (non-hydrogen) atoms. The van der Waals surface area contributed by atoms with Crippen molar-refractivity contribution in [1.29, 1.82) is 0 Å². The number of hydrogen-bond acceptors (Lipinski definition) is 6. The molecule has 1 N–H and O–H groups in total. The summed E-state index contributed by atoms with van der Waals surface area (Å²) in [6.45, 7) is 2.38. The molecule has 2 amide bonds. The molecule has 3 aromatic carbocycles. The van der Waals surface area contributed by atoms with Crippen LogP contribution in [0.15, 0.2) is 72.8 Å². The lowest BCUT2D eigenvalue weighted by Crippen LogP contribution is -2.54. The fraction of sp³-hybridized carbons (Fsp3) is 0.394. The Morgan fingerprint density at radius 3 is 2.30 bits per heavy atom. The monoisotopic (exact) mass is 605 g/mol. The summed E-state index contributed by atoms with van der Waals surface area (Å²) in [5.41, 5.74) is 3.05. The summed E-state index contributed by atoms with van der Waals surface area (Å²) in [5.74, 6) is 0.218. The van der Waals surface area contributed by atoms with Crippen LogP contribution in [0.5, 0.6) is 11.5 Å². The number of hydrogen-bond donors (Lipinski definition) is 1. The van der Waals surface area contributed by atoms with Crippen molar-refractivity contribution in [1.82, 2.24) is 10.2 Å². The fourth-order valence-electron chi connectivity index (χ4n) is 5.69. The molecule has 1 aliphatic heterocycles. The minimum Gasteiger partial charge on any atom is -0.486 e. The van der Waals surface area contributed by atoms with Crippen molar-refractivity contribution in [3.8, 4) is 11.5 Å². The standard InChI is InChI=1S/C33H39N3O6S/c1-24-10-6-7-13-26(24)22-35(29(20-25-11-4-3-5-12-25)33(38)34-27-14-8-9-15-27)32(37)23-36(43(2,39)40)28-16-17-30-31(21-28)42-19-18-41-30/h3-7,10-13,16-17,21,27,29H,8-9,14-15,18-20,22-23H2,1-2H3,(H,34,38)/t29-/m1/s1. The van der Waals surface area contributed by atoms with Crippen LogP contribution >= 0.6 is 0 Å². The fourth-order valence-corrected chi connectivity index (χ4v) is 6.53. The first-order valence-electron chi connectivity index (χ1n) is 14.7. The zero-order valence-electron chi connectivity index (χ0n) is 24.7. The Kier molecular flexibility index (Phi) is 9.55. The minimum absolute atomic E-state index is 0.0615. The van der Waals surface area contributed by atoms with Crippen molar-refractivity contribution >= 4 is 27.5 Å². The first-order valence-corrected chi connectivity index (χ1v) is 16.6. The molecule has 1 atom stereocenters. The Labute approximate surface area is 253 Å². The van der Waals surface area contributed by atoms with Crippen LogP contribution in [0.1, 0.15) is 42.4 Å². The lowest BCUT2D eigenvalue weighted by molar-refractivity contribution is -0.140. The molecular weight excluding hydrogens is 566 g/mol. The molecule has 5 rings (SSSR count). The number of carbonyl (C=O) groups is 2. The molecule has 1 fully saturated rings. The van der Waals surface area contributed by atoms with Crippen molar-refractivity contribution in [2.75, 3.05) is 30.3 Å². The molecule has 0 unspecified atom stereocenters. The van der Waals surface area contributed by atoms with E-state index in [1.54, 1.807) is 18.2 Å². The van der Waals surface area contributed by atoms with E-state index in [2.05, 4.69) is 5.32 Å². The lowest BCUT2D eigenvalue weighted by Gasteiger charge is -2.34. The second kappa shape index (κ2) is 13.5. The first kappa shape index (κ1) is 30.4. The van der Waals surface area contributed by atoms with Crippen molar-refractivity contribution < 1.29 is 27.5 Å². The van der Waals surface area contributed by atoms with Crippen molar-refractivity contribution in [3.05, 3.63) is 89.5 Å². The topological polar surface area (TPSA) is 105 Å². The Morgan fingerprint density at radius 2 is 1.60 bits per heavy atom. The summed E-state index contributed by atoms with van der Waals surface area (Å²) in [6, 6.07) is 21.3. The first-order chi connectivity index (χ1) is 20.7. The van der Waals surface area contributed by atoms with Gasteiger partial charge in [-0.15, -0.1) is 0 Å². The Morgan fingerprint density at radius 1 is 0.930 bits per heavy atom. The van der Waals surface area contributed by atoms with E-state index in [-0.39, 0.29) is 24.2 Å². The van der Waals surface area contributed by atoms with Crippen LogP contribution in [0.3, 0.4) is 0 Å². The van der Waals surface area contributed by atoms with Gasteiger partial charge in [-0.1, -0.05) is 67.4 Å². The molecule has 0 radical (unpaired) electrons. The number of amides is 2. The molecule has 0 saturated heterocycles. The molecule has 1 heterocycles.